The van der Waals surface area contributed by atoms with Crippen LogP contribution in [0.1, 0.15) is 33.6 Å². The molecule has 0 radical (unpaired) electrons. The summed E-state index contributed by atoms with van der Waals surface area (Å²) >= 11 is 0. The topological polar surface area (TPSA) is 73.4 Å². The van der Waals surface area contributed by atoms with Gasteiger partial charge in [-0.1, -0.05) is 146 Å². The van der Waals surface area contributed by atoms with Gasteiger partial charge in [-0.2, -0.15) is 10.5 Å². The lowest BCUT2D eigenvalue weighted by atomic mass is 9.67. The number of hydrogen-bond acceptors (Lipinski definition) is 4. The lowest BCUT2D eigenvalue weighted by molar-refractivity contribution is 0.769. The lowest BCUT2D eigenvalue weighted by Gasteiger charge is -2.34. The zero-order valence-corrected chi connectivity index (χ0v) is 30.8. The van der Waals surface area contributed by atoms with E-state index in [-0.39, 0.29) is 0 Å². The van der Waals surface area contributed by atoms with Crippen LogP contribution in [-0.2, 0) is 5.41 Å². The Morgan fingerprint density at radius 3 is 1.35 bits per heavy atom. The Morgan fingerprint density at radius 1 is 0.368 bits per heavy atom. The minimum absolute atomic E-state index is 0.402. The maximum atomic E-state index is 9.47. The van der Waals surface area contributed by atoms with Crippen LogP contribution in [0.4, 0.5) is 0 Å². The van der Waals surface area contributed by atoms with Crippen LogP contribution < -0.4 is 0 Å². The molecule has 0 N–H and O–H groups in total. The summed E-state index contributed by atoms with van der Waals surface area (Å²) in [7, 11) is 0. The third-order valence-corrected chi connectivity index (χ3v) is 11.4. The Kier molecular flexibility index (Phi) is 8.11. The van der Waals surface area contributed by atoms with Crippen LogP contribution in [0, 0.1) is 22.7 Å². The van der Waals surface area contributed by atoms with Crippen LogP contribution in [-0.4, -0.2) is 9.97 Å². The number of benzene rings is 7. The van der Waals surface area contributed by atoms with Gasteiger partial charge in [0.2, 0.25) is 0 Å². The normalized spacial score (nSPS) is 12.3. The number of pyridine rings is 2. The molecule has 0 saturated carbocycles. The van der Waals surface area contributed by atoms with E-state index in [1.807, 2.05) is 24.3 Å². The van der Waals surface area contributed by atoms with E-state index in [2.05, 4.69) is 180 Å². The van der Waals surface area contributed by atoms with E-state index >= 15 is 0 Å². The Morgan fingerprint density at radius 2 is 0.825 bits per heavy atom. The Bertz CT molecular complexity index is 3020. The first kappa shape index (κ1) is 33.6. The highest BCUT2D eigenvalue weighted by Gasteiger charge is 2.47. The van der Waals surface area contributed by atoms with Crippen molar-refractivity contribution in [2.75, 3.05) is 0 Å². The summed E-state index contributed by atoms with van der Waals surface area (Å²) in [5.41, 5.74) is 16.1. The van der Waals surface area contributed by atoms with Crippen LogP contribution in [0.15, 0.2) is 194 Å². The zero-order valence-electron chi connectivity index (χ0n) is 30.8. The number of fused-ring (bicyclic) bond motifs is 5. The van der Waals surface area contributed by atoms with Gasteiger partial charge in [0.05, 0.1) is 5.41 Å². The standard InChI is InChI=1S/C53H32N4/c54-33-44-29-40(25-27-56-44)36-17-15-35(16-18-36)39-23-24-48-50(31-39)53(42-9-3-1-4-10-42,43-11-5-2-6-12-43)51-32-49(46-13-7-8-14-47(46)52(48)51)38-21-19-37(20-22-38)41-26-28-57-45(30-41)34-55/h1-32H. The molecule has 2 aromatic heterocycles. The summed E-state index contributed by atoms with van der Waals surface area (Å²) in [4.78, 5) is 8.32. The second-order valence-electron chi connectivity index (χ2n) is 14.4. The van der Waals surface area contributed by atoms with Crippen molar-refractivity contribution in [3.8, 4) is 67.8 Å². The molecule has 0 fully saturated rings. The molecule has 10 rings (SSSR count). The summed E-state index contributed by atoms with van der Waals surface area (Å²) in [6.07, 6.45) is 3.38. The highest BCUT2D eigenvalue weighted by atomic mass is 14.7. The number of nitrogens with zero attached hydrogens (tertiary/aromatic N) is 4. The predicted molar refractivity (Wildman–Crippen MR) is 228 cm³/mol. The molecule has 0 atom stereocenters. The Labute approximate surface area is 331 Å². The van der Waals surface area contributed by atoms with Gasteiger partial charge >= 0.3 is 0 Å². The monoisotopic (exact) mass is 724 g/mol. The van der Waals surface area contributed by atoms with Crippen molar-refractivity contribution in [3.63, 3.8) is 0 Å². The highest BCUT2D eigenvalue weighted by Crippen LogP contribution is 2.59. The average molecular weight is 725 g/mol. The number of aromatic nitrogens is 2. The maximum absolute atomic E-state index is 9.47. The van der Waals surface area contributed by atoms with Crippen LogP contribution in [0.3, 0.4) is 0 Å². The van der Waals surface area contributed by atoms with Gasteiger partial charge in [0.25, 0.3) is 0 Å². The van der Waals surface area contributed by atoms with Crippen LogP contribution in [0.25, 0.3) is 66.4 Å². The molecule has 0 spiro atoms. The molecule has 0 unspecified atom stereocenters. The second kappa shape index (κ2) is 13.7. The molecule has 9 aromatic rings. The van der Waals surface area contributed by atoms with Gasteiger partial charge in [-0.25, -0.2) is 9.97 Å². The third-order valence-electron chi connectivity index (χ3n) is 11.4. The molecule has 264 valence electrons. The molecule has 0 saturated heterocycles. The van der Waals surface area contributed by atoms with Gasteiger partial charge in [-0.3, -0.25) is 0 Å². The van der Waals surface area contributed by atoms with Crippen LogP contribution in [0.5, 0.6) is 0 Å². The third kappa shape index (κ3) is 5.51. The van der Waals surface area contributed by atoms with Crippen molar-refractivity contribution in [2.45, 2.75) is 5.41 Å². The molecule has 0 bridgehead atoms. The van der Waals surface area contributed by atoms with Gasteiger partial charge in [0.1, 0.15) is 23.5 Å². The molecule has 7 aromatic carbocycles. The molecule has 4 heteroatoms. The van der Waals surface area contributed by atoms with Crippen molar-refractivity contribution in [1.82, 2.24) is 9.97 Å². The van der Waals surface area contributed by atoms with Gasteiger partial charge in [-0.05, 0) is 125 Å². The van der Waals surface area contributed by atoms with Gasteiger partial charge in [0, 0.05) is 12.4 Å². The van der Waals surface area contributed by atoms with Crippen molar-refractivity contribution in [1.29, 1.82) is 10.5 Å². The molecular formula is C53H32N4. The van der Waals surface area contributed by atoms with E-state index in [1.165, 1.54) is 49.7 Å². The lowest BCUT2D eigenvalue weighted by Crippen LogP contribution is -2.28. The number of hydrogen-bond donors (Lipinski definition) is 0. The zero-order chi connectivity index (χ0) is 38.3. The van der Waals surface area contributed by atoms with E-state index < -0.39 is 5.41 Å². The summed E-state index contributed by atoms with van der Waals surface area (Å²) < 4.78 is 0. The van der Waals surface area contributed by atoms with Gasteiger partial charge < -0.3 is 0 Å². The Hall–Kier alpha value is -7.92. The summed E-state index contributed by atoms with van der Waals surface area (Å²) in [6.45, 7) is 0. The molecule has 1 aliphatic carbocycles. The Balaban J connectivity index is 1.20. The molecule has 1 aliphatic rings. The largest absolute Gasteiger partial charge is 0.246 e. The smallest absolute Gasteiger partial charge is 0.141 e. The van der Waals surface area contributed by atoms with Crippen LogP contribution >= 0.6 is 0 Å². The fourth-order valence-corrected chi connectivity index (χ4v) is 8.80. The molecule has 57 heavy (non-hydrogen) atoms. The first-order valence-corrected chi connectivity index (χ1v) is 18.9. The first-order chi connectivity index (χ1) is 28.1. The SMILES string of the molecule is N#Cc1cc(-c2ccc(-c3ccc4c(c3)C(c3ccccc3)(c3ccccc3)c3cc(-c5ccc(-c6ccnc(C#N)c6)cc5)c5ccccc5c3-4)cc2)ccn1. The summed E-state index contributed by atoms with van der Waals surface area (Å²) in [5.74, 6) is 0. The number of nitriles is 2. The van der Waals surface area contributed by atoms with E-state index in [1.54, 1.807) is 12.4 Å². The average Bonchev–Trinajstić information content (AvgIpc) is 3.60. The number of rotatable bonds is 6. The van der Waals surface area contributed by atoms with Crippen molar-refractivity contribution >= 4 is 10.8 Å². The molecular weight excluding hydrogens is 693 g/mol. The van der Waals surface area contributed by atoms with E-state index in [4.69, 9.17) is 0 Å². The van der Waals surface area contributed by atoms with Gasteiger partial charge in [-0.15, -0.1) is 0 Å². The van der Waals surface area contributed by atoms with Crippen LogP contribution in [0.2, 0.25) is 0 Å². The summed E-state index contributed by atoms with van der Waals surface area (Å²) in [6, 6.07) is 69.2. The van der Waals surface area contributed by atoms with Crippen molar-refractivity contribution < 1.29 is 0 Å². The maximum Gasteiger partial charge on any atom is 0.141 e. The van der Waals surface area contributed by atoms with E-state index in [9.17, 15) is 10.5 Å². The molecule has 0 aliphatic heterocycles. The molecule has 2 heterocycles. The molecule has 4 nitrogen and oxygen atoms in total. The summed E-state index contributed by atoms with van der Waals surface area (Å²) in [5, 5.41) is 21.3. The van der Waals surface area contributed by atoms with E-state index in [0.29, 0.717) is 11.4 Å². The predicted octanol–water partition coefficient (Wildman–Crippen LogP) is 12.4. The van der Waals surface area contributed by atoms with Crippen molar-refractivity contribution in [2.24, 2.45) is 0 Å². The first-order valence-electron chi connectivity index (χ1n) is 18.9. The van der Waals surface area contributed by atoms with Gasteiger partial charge in [0.15, 0.2) is 0 Å². The molecule has 0 amide bonds. The minimum atomic E-state index is -0.614. The fraction of sp³-hybridized carbons (Fsp3) is 0.0189. The highest BCUT2D eigenvalue weighted by molar-refractivity contribution is 6.10. The second-order valence-corrected chi connectivity index (χ2v) is 14.4. The minimum Gasteiger partial charge on any atom is -0.246 e. The fourth-order valence-electron chi connectivity index (χ4n) is 8.80. The quantitative estimate of drug-likeness (QED) is 0.171. The van der Waals surface area contributed by atoms with Crippen molar-refractivity contribution in [3.05, 3.63) is 228 Å². The van der Waals surface area contributed by atoms with E-state index in [0.717, 1.165) is 38.9 Å².